The van der Waals surface area contributed by atoms with E-state index < -0.39 is 10.0 Å². The van der Waals surface area contributed by atoms with Gasteiger partial charge in [-0.2, -0.15) is 0 Å². The summed E-state index contributed by atoms with van der Waals surface area (Å²) in [5.74, 6) is 0.322. The molecule has 0 radical (unpaired) electrons. The highest BCUT2D eigenvalue weighted by Gasteiger charge is 2.18. The van der Waals surface area contributed by atoms with Crippen molar-refractivity contribution in [3.05, 3.63) is 22.2 Å². The summed E-state index contributed by atoms with van der Waals surface area (Å²) in [6.07, 6.45) is 0. The number of rotatable bonds is 5. The standard InChI is InChI=1S/C11H17BrN2O3S/c1-8-6-9(12)7-10(18(13,15)16)11(8)17-5-4-14(2)3/h6-7H,4-5H2,1-3H3,(H2,13,15,16). The van der Waals surface area contributed by atoms with Crippen LogP contribution in [0, 0.1) is 6.92 Å². The molecule has 0 atom stereocenters. The summed E-state index contributed by atoms with van der Waals surface area (Å²) in [5.41, 5.74) is 0.729. The average Bonchev–Trinajstić information content (AvgIpc) is 2.18. The lowest BCUT2D eigenvalue weighted by molar-refractivity contribution is 0.255. The fourth-order valence-corrected chi connectivity index (χ4v) is 2.92. The summed E-state index contributed by atoms with van der Waals surface area (Å²) in [6.45, 7) is 2.88. The third kappa shape index (κ3) is 4.24. The van der Waals surface area contributed by atoms with Crippen LogP contribution in [0.3, 0.4) is 0 Å². The van der Waals surface area contributed by atoms with Crippen LogP contribution in [-0.2, 0) is 10.0 Å². The van der Waals surface area contributed by atoms with Crippen LogP contribution < -0.4 is 9.88 Å². The van der Waals surface area contributed by atoms with Gasteiger partial charge in [0.1, 0.15) is 17.3 Å². The maximum absolute atomic E-state index is 11.5. The van der Waals surface area contributed by atoms with Crippen LogP contribution in [0.15, 0.2) is 21.5 Å². The fourth-order valence-electron chi connectivity index (χ4n) is 1.43. The first-order valence-electron chi connectivity index (χ1n) is 5.32. The van der Waals surface area contributed by atoms with Crippen molar-refractivity contribution in [1.82, 2.24) is 4.90 Å². The van der Waals surface area contributed by atoms with E-state index in [-0.39, 0.29) is 4.90 Å². The molecule has 102 valence electrons. The van der Waals surface area contributed by atoms with Crippen molar-refractivity contribution in [3.63, 3.8) is 0 Å². The third-order valence-electron chi connectivity index (χ3n) is 2.30. The van der Waals surface area contributed by atoms with Gasteiger partial charge in [-0.3, -0.25) is 0 Å². The number of hydrogen-bond acceptors (Lipinski definition) is 4. The minimum absolute atomic E-state index is 0.00753. The van der Waals surface area contributed by atoms with Crippen molar-refractivity contribution in [2.24, 2.45) is 5.14 Å². The molecule has 1 aromatic rings. The van der Waals surface area contributed by atoms with E-state index in [1.807, 2.05) is 19.0 Å². The monoisotopic (exact) mass is 336 g/mol. The number of primary sulfonamides is 1. The molecular formula is C11H17BrN2O3S. The number of sulfonamides is 1. The molecule has 0 heterocycles. The number of likely N-dealkylation sites (N-methyl/N-ethyl adjacent to an activating group) is 1. The predicted molar refractivity (Wildman–Crippen MR) is 74.3 cm³/mol. The smallest absolute Gasteiger partial charge is 0.241 e. The Morgan fingerprint density at radius 2 is 2.00 bits per heavy atom. The molecule has 0 amide bonds. The molecule has 1 rings (SSSR count). The SMILES string of the molecule is Cc1cc(Br)cc(S(N)(=O)=O)c1OCCN(C)C. The van der Waals surface area contributed by atoms with E-state index in [4.69, 9.17) is 9.88 Å². The zero-order valence-corrected chi connectivity index (χ0v) is 13.0. The Hall–Kier alpha value is -0.630. The van der Waals surface area contributed by atoms with Crippen molar-refractivity contribution in [2.45, 2.75) is 11.8 Å². The maximum atomic E-state index is 11.5. The van der Waals surface area contributed by atoms with Crippen LogP contribution in [0.1, 0.15) is 5.56 Å². The molecule has 0 unspecified atom stereocenters. The molecule has 5 nitrogen and oxygen atoms in total. The lowest BCUT2D eigenvalue weighted by Gasteiger charge is -2.15. The van der Waals surface area contributed by atoms with E-state index in [9.17, 15) is 8.42 Å². The number of aryl methyl sites for hydroxylation is 1. The second-order valence-corrected chi connectivity index (χ2v) is 6.69. The Balaban J connectivity index is 3.09. The molecule has 0 aliphatic rings. The molecule has 1 aromatic carbocycles. The molecule has 0 aliphatic carbocycles. The van der Waals surface area contributed by atoms with Gasteiger partial charge in [-0.05, 0) is 38.7 Å². The first-order valence-corrected chi connectivity index (χ1v) is 7.66. The molecule has 0 bridgehead atoms. The Morgan fingerprint density at radius 1 is 1.39 bits per heavy atom. The van der Waals surface area contributed by atoms with E-state index in [0.717, 1.165) is 5.56 Å². The Morgan fingerprint density at radius 3 is 2.50 bits per heavy atom. The largest absolute Gasteiger partial charge is 0.491 e. The van der Waals surface area contributed by atoms with Gasteiger partial charge in [0.05, 0.1) is 0 Å². The molecule has 18 heavy (non-hydrogen) atoms. The highest BCUT2D eigenvalue weighted by Crippen LogP contribution is 2.30. The number of nitrogens with two attached hydrogens (primary N) is 1. The van der Waals surface area contributed by atoms with Gasteiger partial charge < -0.3 is 9.64 Å². The Labute approximate surface area is 116 Å². The molecule has 0 aliphatic heterocycles. The van der Waals surface area contributed by atoms with E-state index in [0.29, 0.717) is 23.4 Å². The molecular weight excluding hydrogens is 320 g/mol. The summed E-state index contributed by atoms with van der Waals surface area (Å²) in [4.78, 5) is 1.96. The summed E-state index contributed by atoms with van der Waals surface area (Å²) < 4.78 is 29.2. The summed E-state index contributed by atoms with van der Waals surface area (Å²) in [6, 6.07) is 3.24. The van der Waals surface area contributed by atoms with Crippen molar-refractivity contribution in [3.8, 4) is 5.75 Å². The summed E-state index contributed by atoms with van der Waals surface area (Å²) in [7, 11) is 0.0324. The molecule has 0 saturated heterocycles. The Kier molecular flexibility index (Phi) is 5.15. The number of halogens is 1. The van der Waals surface area contributed by atoms with Gasteiger partial charge >= 0.3 is 0 Å². The fraction of sp³-hybridized carbons (Fsp3) is 0.455. The number of ether oxygens (including phenoxy) is 1. The summed E-state index contributed by atoms with van der Waals surface area (Å²) in [5, 5.41) is 5.19. The number of benzene rings is 1. The van der Waals surface area contributed by atoms with Gasteiger partial charge in [-0.1, -0.05) is 15.9 Å². The van der Waals surface area contributed by atoms with Gasteiger partial charge in [0.25, 0.3) is 0 Å². The first kappa shape index (κ1) is 15.4. The molecule has 0 saturated carbocycles. The number of hydrogen-bond donors (Lipinski definition) is 1. The minimum atomic E-state index is -3.80. The van der Waals surface area contributed by atoms with Crippen molar-refractivity contribution in [2.75, 3.05) is 27.2 Å². The molecule has 2 N–H and O–H groups in total. The molecule has 0 fully saturated rings. The quantitative estimate of drug-likeness (QED) is 0.880. The molecule has 7 heteroatoms. The molecule has 0 spiro atoms. The molecule has 0 aromatic heterocycles. The maximum Gasteiger partial charge on any atom is 0.241 e. The normalized spacial score (nSPS) is 11.9. The van der Waals surface area contributed by atoms with Crippen molar-refractivity contribution in [1.29, 1.82) is 0 Å². The lowest BCUT2D eigenvalue weighted by atomic mass is 10.2. The number of nitrogens with zero attached hydrogens (tertiary/aromatic N) is 1. The summed E-state index contributed by atoms with van der Waals surface area (Å²) >= 11 is 3.25. The minimum Gasteiger partial charge on any atom is -0.491 e. The highest BCUT2D eigenvalue weighted by molar-refractivity contribution is 9.10. The lowest BCUT2D eigenvalue weighted by Crippen LogP contribution is -2.21. The highest BCUT2D eigenvalue weighted by atomic mass is 79.9. The van der Waals surface area contributed by atoms with Gasteiger partial charge in [-0.15, -0.1) is 0 Å². The van der Waals surface area contributed by atoms with E-state index in [1.54, 1.807) is 13.0 Å². The Bertz CT molecular complexity index is 529. The average molecular weight is 337 g/mol. The first-order chi connectivity index (χ1) is 8.21. The van der Waals surface area contributed by atoms with Crippen LogP contribution in [0.4, 0.5) is 0 Å². The van der Waals surface area contributed by atoms with Crippen molar-refractivity contribution < 1.29 is 13.2 Å². The zero-order chi connectivity index (χ0) is 13.9. The third-order valence-corrected chi connectivity index (χ3v) is 3.67. The van der Waals surface area contributed by atoms with Crippen molar-refractivity contribution >= 4 is 26.0 Å². The second kappa shape index (κ2) is 6.01. The van der Waals surface area contributed by atoms with Crippen LogP contribution >= 0.6 is 15.9 Å². The topological polar surface area (TPSA) is 72.6 Å². The van der Waals surface area contributed by atoms with Crippen LogP contribution in [-0.4, -0.2) is 40.6 Å². The second-order valence-electron chi connectivity index (χ2n) is 4.25. The van der Waals surface area contributed by atoms with Gasteiger partial charge in [0.2, 0.25) is 10.0 Å². The van der Waals surface area contributed by atoms with E-state index >= 15 is 0 Å². The van der Waals surface area contributed by atoms with Crippen LogP contribution in [0.25, 0.3) is 0 Å². The van der Waals surface area contributed by atoms with E-state index in [1.165, 1.54) is 6.07 Å². The van der Waals surface area contributed by atoms with Crippen LogP contribution in [0.2, 0.25) is 0 Å². The van der Waals surface area contributed by atoms with Gasteiger partial charge in [-0.25, -0.2) is 13.6 Å². The van der Waals surface area contributed by atoms with Gasteiger partial charge in [0.15, 0.2) is 0 Å². The predicted octanol–water partition coefficient (Wildman–Crippen LogP) is 1.35. The van der Waals surface area contributed by atoms with E-state index in [2.05, 4.69) is 15.9 Å². The van der Waals surface area contributed by atoms with Crippen LogP contribution in [0.5, 0.6) is 5.75 Å². The zero-order valence-electron chi connectivity index (χ0n) is 10.6. The van der Waals surface area contributed by atoms with Gasteiger partial charge in [0, 0.05) is 11.0 Å².